The molecule has 5 rings (SSSR count). The Kier molecular flexibility index (Phi) is 4.08. The summed E-state index contributed by atoms with van der Waals surface area (Å²) in [7, 11) is 0. The predicted molar refractivity (Wildman–Crippen MR) is 129 cm³/mol. The fourth-order valence-electron chi connectivity index (χ4n) is 7.12. The van der Waals surface area contributed by atoms with Crippen LogP contribution in [0.1, 0.15) is 87.5 Å². The average molecular weight is 401 g/mol. The Balaban J connectivity index is 1.79. The molecule has 0 aromatic heterocycles. The van der Waals surface area contributed by atoms with E-state index in [1.807, 2.05) is 0 Å². The summed E-state index contributed by atoms with van der Waals surface area (Å²) in [5, 5.41) is 0. The molecule has 0 N–H and O–H groups in total. The van der Waals surface area contributed by atoms with Gasteiger partial charge in [0.15, 0.2) is 0 Å². The molecule has 160 valence electrons. The summed E-state index contributed by atoms with van der Waals surface area (Å²) in [6.45, 7) is 20.0. The van der Waals surface area contributed by atoms with Gasteiger partial charge in [0.05, 0.1) is 0 Å². The standard InChI is InChI=1S/C30H40/c1-27(2)23-15-11-9-13-19(23)21-18-26-22(17-25(21)29(27,5)6)20-14-10-12-16-24(20)28(3,4)30(26,7)8/h11-12,15-17,26H,9-10,13-14,18H2,1-8H3. The van der Waals surface area contributed by atoms with Crippen molar-refractivity contribution in [3.8, 4) is 0 Å². The van der Waals surface area contributed by atoms with E-state index in [9.17, 15) is 0 Å². The molecular formula is C30H40. The van der Waals surface area contributed by atoms with Gasteiger partial charge in [0, 0.05) is 0 Å². The van der Waals surface area contributed by atoms with Crippen LogP contribution in [-0.2, 0) is 0 Å². The van der Waals surface area contributed by atoms with Gasteiger partial charge in [-0.25, -0.2) is 0 Å². The summed E-state index contributed by atoms with van der Waals surface area (Å²) in [5.41, 5.74) is 12.3. The van der Waals surface area contributed by atoms with Crippen molar-refractivity contribution in [2.24, 2.45) is 27.6 Å². The predicted octanol–water partition coefficient (Wildman–Crippen LogP) is 8.65. The smallest absolute Gasteiger partial charge is 0.000901 e. The van der Waals surface area contributed by atoms with Crippen molar-refractivity contribution in [3.05, 3.63) is 69.4 Å². The van der Waals surface area contributed by atoms with Gasteiger partial charge in [-0.05, 0) is 98.7 Å². The number of rotatable bonds is 0. The fourth-order valence-corrected chi connectivity index (χ4v) is 7.12. The summed E-state index contributed by atoms with van der Waals surface area (Å²) >= 11 is 0. The Hall–Kier alpha value is -1.56. The second kappa shape index (κ2) is 6.02. The van der Waals surface area contributed by atoms with Gasteiger partial charge >= 0.3 is 0 Å². The molecule has 0 radical (unpaired) electrons. The molecule has 0 aliphatic heterocycles. The number of hydrogen-bond donors (Lipinski definition) is 0. The van der Waals surface area contributed by atoms with E-state index in [1.165, 1.54) is 32.1 Å². The number of hydrogen-bond acceptors (Lipinski definition) is 0. The van der Waals surface area contributed by atoms with E-state index in [-0.39, 0.29) is 21.7 Å². The highest BCUT2D eigenvalue weighted by atomic mass is 14.6. The Labute approximate surface area is 184 Å². The lowest BCUT2D eigenvalue weighted by Crippen LogP contribution is -2.48. The van der Waals surface area contributed by atoms with Gasteiger partial charge in [-0.1, -0.05) is 85.8 Å². The van der Waals surface area contributed by atoms with Crippen molar-refractivity contribution < 1.29 is 0 Å². The third-order valence-corrected chi connectivity index (χ3v) is 10.5. The molecule has 0 saturated carbocycles. The Morgan fingerprint density at radius 2 is 1.17 bits per heavy atom. The van der Waals surface area contributed by atoms with Gasteiger partial charge in [0.25, 0.3) is 0 Å². The Morgan fingerprint density at radius 3 is 1.80 bits per heavy atom. The minimum Gasteiger partial charge on any atom is -0.0839 e. The highest BCUT2D eigenvalue weighted by Crippen LogP contribution is 2.66. The molecule has 0 heteroatoms. The van der Waals surface area contributed by atoms with Crippen molar-refractivity contribution in [3.63, 3.8) is 0 Å². The SMILES string of the molecule is CC1(C)C2=C(CCC=C2)C2=C(C=C3C4=C(C=CCC4)C(C)(C)C(C)(C)C3C2)C1(C)C. The molecule has 0 aromatic rings. The normalized spacial score (nSPS) is 32.3. The number of allylic oxidation sites excluding steroid dienone is 12. The van der Waals surface area contributed by atoms with Gasteiger partial charge in [0.1, 0.15) is 0 Å². The molecule has 30 heavy (non-hydrogen) atoms. The zero-order chi connectivity index (χ0) is 21.7. The third-order valence-electron chi connectivity index (χ3n) is 10.5. The Bertz CT molecular complexity index is 1000. The number of fused-ring (bicyclic) bond motifs is 3. The maximum atomic E-state index is 2.69. The van der Waals surface area contributed by atoms with Crippen LogP contribution < -0.4 is 0 Å². The average Bonchev–Trinajstić information content (AvgIpc) is 2.71. The summed E-state index contributed by atoms with van der Waals surface area (Å²) in [4.78, 5) is 0. The molecule has 0 bridgehead atoms. The first kappa shape index (κ1) is 20.3. The topological polar surface area (TPSA) is 0 Å². The van der Waals surface area contributed by atoms with Crippen LogP contribution in [0.3, 0.4) is 0 Å². The first-order chi connectivity index (χ1) is 13.9. The van der Waals surface area contributed by atoms with E-state index in [0.717, 1.165) is 0 Å². The van der Waals surface area contributed by atoms with Crippen LogP contribution in [0.25, 0.3) is 0 Å². The lowest BCUT2D eigenvalue weighted by molar-refractivity contribution is 0.0774. The van der Waals surface area contributed by atoms with Crippen LogP contribution in [0.2, 0.25) is 0 Å². The molecule has 0 nitrogen and oxygen atoms in total. The van der Waals surface area contributed by atoms with Crippen molar-refractivity contribution in [1.29, 1.82) is 0 Å². The summed E-state index contributed by atoms with van der Waals surface area (Å²) < 4.78 is 0. The quantitative estimate of drug-likeness (QED) is 0.381. The second-order valence-corrected chi connectivity index (χ2v) is 12.5. The van der Waals surface area contributed by atoms with E-state index in [2.05, 4.69) is 85.8 Å². The molecule has 0 spiro atoms. The molecule has 0 fully saturated rings. The van der Waals surface area contributed by atoms with Crippen LogP contribution in [0.5, 0.6) is 0 Å². The van der Waals surface area contributed by atoms with Crippen molar-refractivity contribution in [2.45, 2.75) is 87.5 Å². The molecule has 0 saturated heterocycles. The zero-order valence-corrected chi connectivity index (χ0v) is 20.5. The first-order valence-corrected chi connectivity index (χ1v) is 12.2. The molecule has 0 heterocycles. The van der Waals surface area contributed by atoms with Gasteiger partial charge in [-0.15, -0.1) is 0 Å². The van der Waals surface area contributed by atoms with E-state index in [1.54, 1.807) is 39.0 Å². The summed E-state index contributed by atoms with van der Waals surface area (Å²) in [6.07, 6.45) is 18.5. The van der Waals surface area contributed by atoms with Gasteiger partial charge < -0.3 is 0 Å². The molecule has 0 aromatic carbocycles. The van der Waals surface area contributed by atoms with E-state index < -0.39 is 0 Å². The van der Waals surface area contributed by atoms with Gasteiger partial charge in [-0.3, -0.25) is 0 Å². The fraction of sp³-hybridized carbons (Fsp3) is 0.600. The van der Waals surface area contributed by atoms with Gasteiger partial charge in [0.2, 0.25) is 0 Å². The molecule has 5 aliphatic carbocycles. The van der Waals surface area contributed by atoms with Crippen LogP contribution in [0.4, 0.5) is 0 Å². The van der Waals surface area contributed by atoms with Crippen molar-refractivity contribution >= 4 is 0 Å². The molecular weight excluding hydrogens is 360 g/mol. The Morgan fingerprint density at radius 1 is 0.633 bits per heavy atom. The van der Waals surface area contributed by atoms with E-state index in [0.29, 0.717) is 5.92 Å². The molecule has 1 unspecified atom stereocenters. The third kappa shape index (κ3) is 2.29. The first-order valence-electron chi connectivity index (χ1n) is 12.2. The van der Waals surface area contributed by atoms with E-state index >= 15 is 0 Å². The van der Waals surface area contributed by atoms with Crippen LogP contribution in [-0.4, -0.2) is 0 Å². The van der Waals surface area contributed by atoms with Crippen LogP contribution in [0, 0.1) is 27.6 Å². The highest BCUT2D eigenvalue weighted by Gasteiger charge is 2.55. The largest absolute Gasteiger partial charge is 0.0839 e. The maximum absolute atomic E-state index is 2.69. The van der Waals surface area contributed by atoms with Crippen LogP contribution >= 0.6 is 0 Å². The lowest BCUT2D eigenvalue weighted by Gasteiger charge is -2.58. The van der Waals surface area contributed by atoms with Crippen molar-refractivity contribution in [2.75, 3.05) is 0 Å². The summed E-state index contributed by atoms with van der Waals surface area (Å²) in [5.74, 6) is 0.619. The zero-order valence-electron chi connectivity index (χ0n) is 20.5. The minimum absolute atomic E-state index is 0.142. The monoisotopic (exact) mass is 400 g/mol. The minimum atomic E-state index is 0.142. The molecule has 1 atom stereocenters. The maximum Gasteiger partial charge on any atom is -0.000901 e. The summed E-state index contributed by atoms with van der Waals surface area (Å²) in [6, 6.07) is 0. The van der Waals surface area contributed by atoms with E-state index in [4.69, 9.17) is 0 Å². The van der Waals surface area contributed by atoms with Crippen LogP contribution in [0.15, 0.2) is 69.4 Å². The highest BCUT2D eigenvalue weighted by molar-refractivity contribution is 5.63. The molecule has 5 aliphatic rings. The molecule has 0 amide bonds. The lowest BCUT2D eigenvalue weighted by atomic mass is 9.46. The van der Waals surface area contributed by atoms with Gasteiger partial charge in [-0.2, -0.15) is 0 Å². The van der Waals surface area contributed by atoms with Crippen molar-refractivity contribution in [1.82, 2.24) is 0 Å². The second-order valence-electron chi connectivity index (χ2n) is 12.5.